The molecule has 0 fully saturated rings. The molecular weight excluding hydrogens is 198 g/mol. The summed E-state index contributed by atoms with van der Waals surface area (Å²) >= 11 is 0. The summed E-state index contributed by atoms with van der Waals surface area (Å²) in [4.78, 5) is 0. The smallest absolute Gasteiger partial charge is 0.108 e. The monoisotopic (exact) mass is 221 g/mol. The van der Waals surface area contributed by atoms with Crippen molar-refractivity contribution in [3.05, 3.63) is 36.3 Å². The van der Waals surface area contributed by atoms with Crippen LogP contribution in [0.3, 0.4) is 0 Å². The van der Waals surface area contributed by atoms with E-state index in [4.69, 9.17) is 10.2 Å². The van der Waals surface area contributed by atoms with Gasteiger partial charge in [0.1, 0.15) is 5.76 Å². The predicted molar refractivity (Wildman–Crippen MR) is 68.3 cm³/mol. The fourth-order valence-electron chi connectivity index (χ4n) is 1.95. The minimum absolute atomic E-state index is 0.137. The van der Waals surface area contributed by atoms with E-state index in [2.05, 4.69) is 13.5 Å². The molecule has 16 heavy (non-hydrogen) atoms. The zero-order chi connectivity index (χ0) is 11.8. The number of allylic oxidation sites excluding steroid dienone is 1. The first-order valence-electron chi connectivity index (χ1n) is 6.22. The molecule has 1 heterocycles. The van der Waals surface area contributed by atoms with Gasteiger partial charge in [-0.1, -0.05) is 25.8 Å². The third-order valence-electron chi connectivity index (χ3n) is 2.92. The molecule has 0 amide bonds. The molecular formula is C14H23NO. The predicted octanol–water partition coefficient (Wildman–Crippen LogP) is 3.98. The van der Waals surface area contributed by atoms with Crippen molar-refractivity contribution in [2.24, 2.45) is 5.73 Å². The van der Waals surface area contributed by atoms with Gasteiger partial charge in [-0.05, 0) is 25.3 Å². The molecule has 90 valence electrons. The Morgan fingerprint density at radius 3 is 2.94 bits per heavy atom. The molecule has 0 aliphatic rings. The molecule has 1 aromatic heterocycles. The number of hydrogen-bond donors (Lipinski definition) is 1. The molecule has 1 rings (SSSR count). The highest BCUT2D eigenvalue weighted by Gasteiger charge is 2.12. The molecule has 0 radical (unpaired) electrons. The zero-order valence-corrected chi connectivity index (χ0v) is 10.2. The van der Waals surface area contributed by atoms with Crippen LogP contribution in [-0.2, 0) is 6.42 Å². The zero-order valence-electron chi connectivity index (χ0n) is 10.2. The second-order valence-corrected chi connectivity index (χ2v) is 4.19. The lowest BCUT2D eigenvalue weighted by atomic mass is 10.0. The molecule has 0 bridgehead atoms. The quantitative estimate of drug-likeness (QED) is 0.532. The first-order valence-corrected chi connectivity index (χ1v) is 6.22. The normalized spacial score (nSPS) is 12.6. The van der Waals surface area contributed by atoms with Gasteiger partial charge in [0.25, 0.3) is 0 Å². The molecule has 0 aromatic carbocycles. The molecule has 0 aliphatic carbocycles. The van der Waals surface area contributed by atoms with Gasteiger partial charge in [0.15, 0.2) is 0 Å². The summed E-state index contributed by atoms with van der Waals surface area (Å²) in [5, 5.41) is 0. The third-order valence-corrected chi connectivity index (χ3v) is 2.92. The maximum atomic E-state index is 6.15. The van der Waals surface area contributed by atoms with E-state index < -0.39 is 0 Å². The van der Waals surface area contributed by atoms with Crippen LogP contribution in [0.2, 0.25) is 0 Å². The Balaban J connectivity index is 2.29. The van der Waals surface area contributed by atoms with E-state index in [1.165, 1.54) is 24.8 Å². The van der Waals surface area contributed by atoms with Crippen LogP contribution in [0.4, 0.5) is 0 Å². The lowest BCUT2D eigenvalue weighted by Crippen LogP contribution is -2.10. The van der Waals surface area contributed by atoms with Crippen molar-refractivity contribution in [3.63, 3.8) is 0 Å². The van der Waals surface area contributed by atoms with Crippen molar-refractivity contribution >= 4 is 0 Å². The minimum Gasteiger partial charge on any atom is -0.469 e. The number of aryl methyl sites for hydroxylation is 1. The van der Waals surface area contributed by atoms with Crippen LogP contribution in [-0.4, -0.2) is 0 Å². The second kappa shape index (κ2) is 7.29. The van der Waals surface area contributed by atoms with Gasteiger partial charge in [-0.3, -0.25) is 0 Å². The molecule has 0 aliphatic heterocycles. The van der Waals surface area contributed by atoms with Crippen LogP contribution in [0, 0.1) is 0 Å². The molecule has 1 aromatic rings. The highest BCUT2D eigenvalue weighted by atomic mass is 16.3. The van der Waals surface area contributed by atoms with Crippen LogP contribution < -0.4 is 5.73 Å². The summed E-state index contributed by atoms with van der Waals surface area (Å²) < 4.78 is 5.39. The van der Waals surface area contributed by atoms with E-state index in [0.29, 0.717) is 0 Å². The molecule has 2 nitrogen and oxygen atoms in total. The summed E-state index contributed by atoms with van der Waals surface area (Å²) in [5.41, 5.74) is 7.34. The standard InChI is InChI=1S/C14H23NO/c1-3-5-6-7-8-9-13(15)12-10-11-16-14(12)4-2/h3,10-11,13H,1,4-9,15H2,2H3. The van der Waals surface area contributed by atoms with Gasteiger partial charge >= 0.3 is 0 Å². The summed E-state index contributed by atoms with van der Waals surface area (Å²) in [5.74, 6) is 1.04. The number of furan rings is 1. The largest absolute Gasteiger partial charge is 0.469 e. The van der Waals surface area contributed by atoms with E-state index in [1.807, 2.05) is 12.1 Å². The van der Waals surface area contributed by atoms with E-state index in [1.54, 1.807) is 6.26 Å². The fraction of sp³-hybridized carbons (Fsp3) is 0.571. The topological polar surface area (TPSA) is 39.2 Å². The summed E-state index contributed by atoms with van der Waals surface area (Å²) in [6, 6.07) is 2.14. The van der Waals surface area contributed by atoms with Crippen LogP contribution in [0.1, 0.15) is 56.4 Å². The van der Waals surface area contributed by atoms with Crippen LogP contribution >= 0.6 is 0 Å². The molecule has 0 spiro atoms. The van der Waals surface area contributed by atoms with Crippen LogP contribution in [0.5, 0.6) is 0 Å². The van der Waals surface area contributed by atoms with E-state index in [9.17, 15) is 0 Å². The van der Waals surface area contributed by atoms with Gasteiger partial charge in [0.05, 0.1) is 6.26 Å². The average Bonchev–Trinajstić information content (AvgIpc) is 2.76. The number of unbranched alkanes of at least 4 members (excludes halogenated alkanes) is 3. The highest BCUT2D eigenvalue weighted by molar-refractivity contribution is 5.20. The van der Waals surface area contributed by atoms with Gasteiger partial charge in [0.2, 0.25) is 0 Å². The van der Waals surface area contributed by atoms with E-state index >= 15 is 0 Å². The Morgan fingerprint density at radius 2 is 2.25 bits per heavy atom. The second-order valence-electron chi connectivity index (χ2n) is 4.19. The lowest BCUT2D eigenvalue weighted by Gasteiger charge is -2.10. The van der Waals surface area contributed by atoms with Gasteiger partial charge in [-0.2, -0.15) is 0 Å². The summed E-state index contributed by atoms with van der Waals surface area (Å²) in [7, 11) is 0. The number of nitrogens with two attached hydrogens (primary N) is 1. The minimum atomic E-state index is 0.137. The molecule has 0 saturated heterocycles. The molecule has 1 unspecified atom stereocenters. The lowest BCUT2D eigenvalue weighted by molar-refractivity contribution is 0.497. The van der Waals surface area contributed by atoms with Gasteiger partial charge in [-0.25, -0.2) is 0 Å². The molecule has 2 heteroatoms. The van der Waals surface area contributed by atoms with Crippen molar-refractivity contribution in [1.82, 2.24) is 0 Å². The molecule has 0 saturated carbocycles. The first-order chi connectivity index (χ1) is 7.79. The summed E-state index contributed by atoms with van der Waals surface area (Å²) in [6.07, 6.45) is 10.4. The third kappa shape index (κ3) is 3.86. The number of hydrogen-bond acceptors (Lipinski definition) is 2. The van der Waals surface area contributed by atoms with E-state index in [-0.39, 0.29) is 6.04 Å². The SMILES string of the molecule is C=CCCCCCC(N)c1ccoc1CC. The first kappa shape index (κ1) is 13.0. The molecule has 1 atom stereocenters. The maximum Gasteiger partial charge on any atom is 0.108 e. The van der Waals surface area contributed by atoms with Crippen LogP contribution in [0.25, 0.3) is 0 Å². The Labute approximate surface area is 98.5 Å². The van der Waals surface area contributed by atoms with Gasteiger partial charge in [-0.15, -0.1) is 6.58 Å². The fourth-order valence-corrected chi connectivity index (χ4v) is 1.95. The Morgan fingerprint density at radius 1 is 1.44 bits per heavy atom. The van der Waals surface area contributed by atoms with E-state index in [0.717, 1.165) is 25.0 Å². The van der Waals surface area contributed by atoms with Crippen LogP contribution in [0.15, 0.2) is 29.4 Å². The Hall–Kier alpha value is -1.02. The molecule has 2 N–H and O–H groups in total. The van der Waals surface area contributed by atoms with Crippen molar-refractivity contribution in [2.45, 2.75) is 51.5 Å². The summed E-state index contributed by atoms with van der Waals surface area (Å²) in [6.45, 7) is 5.82. The van der Waals surface area contributed by atoms with Crippen molar-refractivity contribution in [3.8, 4) is 0 Å². The van der Waals surface area contributed by atoms with Crippen molar-refractivity contribution in [2.75, 3.05) is 0 Å². The van der Waals surface area contributed by atoms with Crippen molar-refractivity contribution < 1.29 is 4.42 Å². The Bertz CT molecular complexity index is 303. The van der Waals surface area contributed by atoms with Gasteiger partial charge < -0.3 is 10.2 Å². The number of rotatable bonds is 8. The van der Waals surface area contributed by atoms with Gasteiger partial charge in [0, 0.05) is 18.0 Å². The maximum absolute atomic E-state index is 6.15. The Kier molecular flexibility index (Phi) is 5.94. The van der Waals surface area contributed by atoms with Crippen molar-refractivity contribution in [1.29, 1.82) is 0 Å². The highest BCUT2D eigenvalue weighted by Crippen LogP contribution is 2.22. The average molecular weight is 221 g/mol.